The van der Waals surface area contributed by atoms with Crippen LogP contribution in [0.15, 0.2) is 46.0 Å². The minimum Gasteiger partial charge on any atom is -0.490 e. The molecule has 0 fully saturated rings. The van der Waals surface area contributed by atoms with Crippen LogP contribution in [0.5, 0.6) is 11.5 Å². The Morgan fingerprint density at radius 2 is 1.93 bits per heavy atom. The maximum atomic E-state index is 11.9. The Balaban J connectivity index is 0.00000320. The van der Waals surface area contributed by atoms with Crippen LogP contribution in [0.1, 0.15) is 25.5 Å². The Hall–Kier alpha value is -2.43. The Morgan fingerprint density at radius 1 is 1.10 bits per heavy atom. The number of rotatable bonds is 8. The first-order chi connectivity index (χ1) is 14.2. The molecule has 30 heavy (non-hydrogen) atoms. The van der Waals surface area contributed by atoms with Crippen LogP contribution in [-0.2, 0) is 11.2 Å². The first-order valence-corrected chi connectivity index (χ1v) is 9.98. The number of halogens is 1. The quantitative estimate of drug-likeness (QED) is 0.277. The van der Waals surface area contributed by atoms with Gasteiger partial charge < -0.3 is 29.8 Å². The standard InChI is InChI=1S/C21H28N4O4.HI/c1-2-9-22-20(26)15-24-21(23-10-8-17-5-3-11-27-17)25-16-6-7-18-19(14-16)29-13-4-12-28-18;/h3,5-7,11,14H,2,4,8-10,12-13,15H2,1H3,(H,22,26)(H2,23,24,25);1H. The van der Waals surface area contributed by atoms with E-state index in [4.69, 9.17) is 13.9 Å². The molecule has 0 radical (unpaired) electrons. The molecule has 8 nitrogen and oxygen atoms in total. The van der Waals surface area contributed by atoms with Crippen molar-refractivity contribution in [2.45, 2.75) is 26.2 Å². The lowest BCUT2D eigenvalue weighted by Gasteiger charge is -2.14. The second-order valence-electron chi connectivity index (χ2n) is 6.61. The normalized spacial score (nSPS) is 13.0. The van der Waals surface area contributed by atoms with Crippen molar-refractivity contribution in [3.8, 4) is 11.5 Å². The van der Waals surface area contributed by atoms with Gasteiger partial charge in [-0.2, -0.15) is 0 Å². The lowest BCUT2D eigenvalue weighted by atomic mass is 10.2. The molecule has 1 amide bonds. The summed E-state index contributed by atoms with van der Waals surface area (Å²) in [4.78, 5) is 16.3. The van der Waals surface area contributed by atoms with Gasteiger partial charge in [0, 0.05) is 37.7 Å². The molecular weight excluding hydrogens is 499 g/mol. The van der Waals surface area contributed by atoms with Crippen LogP contribution in [0, 0.1) is 0 Å². The number of hydrogen-bond acceptors (Lipinski definition) is 5. The van der Waals surface area contributed by atoms with Gasteiger partial charge in [0.15, 0.2) is 17.5 Å². The van der Waals surface area contributed by atoms with Crippen molar-refractivity contribution in [3.63, 3.8) is 0 Å². The van der Waals surface area contributed by atoms with Crippen LogP contribution in [0.2, 0.25) is 0 Å². The van der Waals surface area contributed by atoms with E-state index in [2.05, 4.69) is 20.9 Å². The molecule has 2 aromatic rings. The largest absolute Gasteiger partial charge is 0.490 e. The van der Waals surface area contributed by atoms with E-state index in [9.17, 15) is 4.79 Å². The monoisotopic (exact) mass is 528 g/mol. The van der Waals surface area contributed by atoms with Crippen LogP contribution < -0.4 is 25.4 Å². The van der Waals surface area contributed by atoms with Gasteiger partial charge in [-0.3, -0.25) is 4.79 Å². The second-order valence-corrected chi connectivity index (χ2v) is 6.61. The molecule has 1 aromatic heterocycles. The molecule has 3 rings (SSSR count). The summed E-state index contributed by atoms with van der Waals surface area (Å²) in [5.41, 5.74) is 0.799. The van der Waals surface area contributed by atoms with Crippen LogP contribution in [0.25, 0.3) is 0 Å². The zero-order chi connectivity index (χ0) is 20.3. The minimum absolute atomic E-state index is 0. The van der Waals surface area contributed by atoms with Gasteiger partial charge in [0.1, 0.15) is 12.3 Å². The van der Waals surface area contributed by atoms with Gasteiger partial charge in [0.05, 0.1) is 19.5 Å². The lowest BCUT2D eigenvalue weighted by Crippen LogP contribution is -2.34. The molecule has 1 aromatic carbocycles. The van der Waals surface area contributed by atoms with E-state index in [1.54, 1.807) is 6.26 Å². The molecule has 0 aliphatic carbocycles. The van der Waals surface area contributed by atoms with Crippen molar-refractivity contribution < 1.29 is 18.7 Å². The topological polar surface area (TPSA) is 97.1 Å². The zero-order valence-corrected chi connectivity index (χ0v) is 19.4. The van der Waals surface area contributed by atoms with Gasteiger partial charge in [-0.25, -0.2) is 4.99 Å². The molecule has 2 heterocycles. The SMILES string of the molecule is CCCNC(=O)CN=C(NCCc1ccco1)Nc1ccc2c(c1)OCCCO2.I. The molecule has 0 saturated carbocycles. The predicted octanol–water partition coefficient (Wildman–Crippen LogP) is 3.19. The minimum atomic E-state index is -0.113. The Morgan fingerprint density at radius 3 is 2.70 bits per heavy atom. The molecule has 164 valence electrons. The van der Waals surface area contributed by atoms with Crippen molar-refractivity contribution in [3.05, 3.63) is 42.4 Å². The van der Waals surface area contributed by atoms with Gasteiger partial charge >= 0.3 is 0 Å². The molecule has 0 bridgehead atoms. The Labute approximate surface area is 193 Å². The third kappa shape index (κ3) is 7.77. The summed E-state index contributed by atoms with van der Waals surface area (Å²) in [5, 5.41) is 9.30. The molecule has 1 aliphatic heterocycles. The predicted molar refractivity (Wildman–Crippen MR) is 127 cm³/mol. The zero-order valence-electron chi connectivity index (χ0n) is 17.1. The van der Waals surface area contributed by atoms with E-state index in [0.717, 1.165) is 30.0 Å². The molecule has 0 atom stereocenters. The van der Waals surface area contributed by atoms with E-state index in [1.165, 1.54) is 0 Å². The van der Waals surface area contributed by atoms with Crippen LogP contribution in [0.4, 0.5) is 5.69 Å². The maximum Gasteiger partial charge on any atom is 0.241 e. The number of guanidine groups is 1. The van der Waals surface area contributed by atoms with E-state index in [0.29, 0.717) is 44.4 Å². The third-order valence-corrected chi connectivity index (χ3v) is 4.21. The van der Waals surface area contributed by atoms with Gasteiger partial charge in [-0.15, -0.1) is 24.0 Å². The second kappa shape index (κ2) is 13.0. The van der Waals surface area contributed by atoms with Crippen molar-refractivity contribution in [2.24, 2.45) is 4.99 Å². The molecule has 3 N–H and O–H groups in total. The van der Waals surface area contributed by atoms with Gasteiger partial charge in [0.25, 0.3) is 0 Å². The van der Waals surface area contributed by atoms with Gasteiger partial charge in [-0.1, -0.05) is 6.92 Å². The number of hydrogen-bond donors (Lipinski definition) is 3. The number of ether oxygens (including phenoxy) is 2. The number of furan rings is 1. The first-order valence-electron chi connectivity index (χ1n) is 9.98. The summed E-state index contributed by atoms with van der Waals surface area (Å²) < 4.78 is 16.8. The summed E-state index contributed by atoms with van der Waals surface area (Å²) in [6.45, 7) is 4.58. The fraction of sp³-hybridized carbons (Fsp3) is 0.429. The Bertz CT molecular complexity index is 811. The van der Waals surface area contributed by atoms with Crippen LogP contribution in [-0.4, -0.2) is 44.7 Å². The average molecular weight is 528 g/mol. The molecule has 0 unspecified atom stereocenters. The maximum absolute atomic E-state index is 11.9. The summed E-state index contributed by atoms with van der Waals surface area (Å²) in [5.74, 6) is 2.71. The fourth-order valence-corrected chi connectivity index (χ4v) is 2.75. The van der Waals surface area contributed by atoms with Crippen molar-refractivity contribution in [1.29, 1.82) is 0 Å². The number of nitrogens with one attached hydrogen (secondary N) is 3. The van der Waals surface area contributed by atoms with E-state index in [-0.39, 0.29) is 36.4 Å². The number of amides is 1. The number of benzene rings is 1. The highest BCUT2D eigenvalue weighted by Gasteiger charge is 2.12. The Kier molecular flexibility index (Phi) is 10.3. The van der Waals surface area contributed by atoms with Crippen molar-refractivity contribution >= 4 is 41.5 Å². The number of carbonyl (C=O) groups is 1. The summed E-state index contributed by atoms with van der Waals surface area (Å²) >= 11 is 0. The van der Waals surface area contributed by atoms with E-state index < -0.39 is 0 Å². The van der Waals surface area contributed by atoms with E-state index in [1.807, 2.05) is 37.3 Å². The molecular formula is C21H29IN4O4. The van der Waals surface area contributed by atoms with Crippen molar-refractivity contribution in [1.82, 2.24) is 10.6 Å². The van der Waals surface area contributed by atoms with E-state index >= 15 is 0 Å². The third-order valence-electron chi connectivity index (χ3n) is 4.21. The summed E-state index contributed by atoms with van der Waals surface area (Å²) in [7, 11) is 0. The summed E-state index contributed by atoms with van der Waals surface area (Å²) in [6, 6.07) is 9.43. The van der Waals surface area contributed by atoms with Gasteiger partial charge in [0.2, 0.25) is 5.91 Å². The number of aliphatic imine (C=N–C) groups is 1. The highest BCUT2D eigenvalue weighted by molar-refractivity contribution is 14.0. The fourth-order valence-electron chi connectivity index (χ4n) is 2.75. The molecule has 0 saturated heterocycles. The van der Waals surface area contributed by atoms with Gasteiger partial charge in [-0.05, 0) is 30.7 Å². The molecule has 9 heteroatoms. The molecule has 1 aliphatic rings. The number of nitrogens with zero attached hydrogens (tertiary/aromatic N) is 1. The van der Waals surface area contributed by atoms with Crippen molar-refractivity contribution in [2.75, 3.05) is 38.2 Å². The smallest absolute Gasteiger partial charge is 0.241 e. The highest BCUT2D eigenvalue weighted by Crippen LogP contribution is 2.32. The van der Waals surface area contributed by atoms with Crippen LogP contribution >= 0.6 is 24.0 Å². The lowest BCUT2D eigenvalue weighted by molar-refractivity contribution is -0.119. The number of carbonyl (C=O) groups excluding carboxylic acids is 1. The number of anilines is 1. The van der Waals surface area contributed by atoms with Crippen LogP contribution in [0.3, 0.4) is 0 Å². The first kappa shape index (κ1) is 23.8. The molecule has 0 spiro atoms. The highest BCUT2D eigenvalue weighted by atomic mass is 127. The number of fused-ring (bicyclic) bond motifs is 1. The summed E-state index contributed by atoms with van der Waals surface area (Å²) in [6.07, 6.45) is 4.10. The average Bonchev–Trinajstić information content (AvgIpc) is 3.14.